The van der Waals surface area contributed by atoms with Crippen LogP contribution in [0.1, 0.15) is 44.9 Å². The summed E-state index contributed by atoms with van der Waals surface area (Å²) in [5.74, 6) is 0.848. The van der Waals surface area contributed by atoms with Crippen LogP contribution in [0.25, 0.3) is 0 Å². The van der Waals surface area contributed by atoms with Crippen molar-refractivity contribution in [3.63, 3.8) is 0 Å². The minimum Gasteiger partial charge on any atom is -0.341 e. The minimum absolute atomic E-state index is 0.0402. The average molecular weight is 324 g/mol. The van der Waals surface area contributed by atoms with Crippen molar-refractivity contribution in [2.24, 2.45) is 5.73 Å². The molecular formula is C20H28N4. The highest BCUT2D eigenvalue weighted by atomic mass is 15.3. The molecule has 4 nitrogen and oxygen atoms in total. The van der Waals surface area contributed by atoms with E-state index in [2.05, 4.69) is 61.0 Å². The van der Waals surface area contributed by atoms with Gasteiger partial charge in [0.1, 0.15) is 0 Å². The molecule has 24 heavy (non-hydrogen) atoms. The van der Waals surface area contributed by atoms with E-state index in [4.69, 9.17) is 10.7 Å². The highest BCUT2D eigenvalue weighted by Gasteiger charge is 2.35. The van der Waals surface area contributed by atoms with E-state index in [0.29, 0.717) is 6.54 Å². The van der Waals surface area contributed by atoms with Gasteiger partial charge in [-0.3, -0.25) is 0 Å². The van der Waals surface area contributed by atoms with Crippen LogP contribution in [0.15, 0.2) is 42.6 Å². The molecule has 1 saturated heterocycles. The summed E-state index contributed by atoms with van der Waals surface area (Å²) >= 11 is 0. The summed E-state index contributed by atoms with van der Waals surface area (Å²) in [6, 6.07) is 12.7. The molecule has 0 radical (unpaired) electrons. The van der Waals surface area contributed by atoms with Gasteiger partial charge in [0.2, 0.25) is 5.95 Å². The lowest BCUT2D eigenvalue weighted by Crippen LogP contribution is -2.47. The van der Waals surface area contributed by atoms with Crippen molar-refractivity contribution < 1.29 is 0 Å². The minimum atomic E-state index is 0.0402. The fourth-order valence-corrected chi connectivity index (χ4v) is 3.46. The van der Waals surface area contributed by atoms with Crippen molar-refractivity contribution in [1.82, 2.24) is 9.97 Å². The molecule has 128 valence electrons. The van der Waals surface area contributed by atoms with Gasteiger partial charge in [-0.05, 0) is 24.5 Å². The lowest BCUT2D eigenvalue weighted by atomic mass is 9.73. The van der Waals surface area contributed by atoms with Crippen LogP contribution < -0.4 is 10.6 Å². The summed E-state index contributed by atoms with van der Waals surface area (Å²) in [4.78, 5) is 11.6. The van der Waals surface area contributed by atoms with Crippen LogP contribution in [0.3, 0.4) is 0 Å². The molecule has 1 aromatic carbocycles. The number of aromatic nitrogens is 2. The van der Waals surface area contributed by atoms with Gasteiger partial charge in [-0.15, -0.1) is 0 Å². The van der Waals surface area contributed by atoms with E-state index in [1.54, 1.807) is 0 Å². The molecule has 2 N–H and O–H groups in total. The molecule has 0 amide bonds. The van der Waals surface area contributed by atoms with Crippen LogP contribution in [-0.4, -0.2) is 29.6 Å². The molecule has 1 fully saturated rings. The fraction of sp³-hybridized carbons (Fsp3) is 0.500. The lowest BCUT2D eigenvalue weighted by Gasteiger charge is -2.41. The molecule has 2 heterocycles. The number of piperidine rings is 1. The summed E-state index contributed by atoms with van der Waals surface area (Å²) in [6.45, 7) is 9.13. The summed E-state index contributed by atoms with van der Waals surface area (Å²) < 4.78 is 0. The number of hydrogen-bond acceptors (Lipinski definition) is 4. The molecule has 0 aliphatic carbocycles. The van der Waals surface area contributed by atoms with Gasteiger partial charge in [0.05, 0.1) is 5.69 Å². The van der Waals surface area contributed by atoms with Crippen LogP contribution >= 0.6 is 0 Å². The molecule has 0 unspecified atom stereocenters. The molecule has 0 spiro atoms. The van der Waals surface area contributed by atoms with Crippen molar-refractivity contribution in [2.75, 3.05) is 24.5 Å². The van der Waals surface area contributed by atoms with E-state index in [-0.39, 0.29) is 10.8 Å². The van der Waals surface area contributed by atoms with Gasteiger partial charge < -0.3 is 10.6 Å². The predicted molar refractivity (Wildman–Crippen MR) is 99.4 cm³/mol. The fourth-order valence-electron chi connectivity index (χ4n) is 3.46. The first-order valence-corrected chi connectivity index (χ1v) is 8.79. The Morgan fingerprint density at radius 1 is 1.08 bits per heavy atom. The Labute approximate surface area is 145 Å². The third kappa shape index (κ3) is 3.29. The molecule has 1 aliphatic rings. The number of anilines is 1. The second-order valence-corrected chi connectivity index (χ2v) is 7.83. The Hall–Kier alpha value is -1.94. The zero-order chi connectivity index (χ0) is 17.2. The Morgan fingerprint density at radius 2 is 1.75 bits per heavy atom. The Bertz CT molecular complexity index is 668. The summed E-state index contributed by atoms with van der Waals surface area (Å²) in [5.41, 5.74) is 8.76. The molecule has 1 aliphatic heterocycles. The number of nitrogens with zero attached hydrogens (tertiary/aromatic N) is 3. The van der Waals surface area contributed by atoms with E-state index in [1.807, 2.05) is 12.3 Å². The van der Waals surface area contributed by atoms with Gasteiger partial charge in [-0.25, -0.2) is 9.97 Å². The number of benzene rings is 1. The molecule has 0 bridgehead atoms. The van der Waals surface area contributed by atoms with Crippen LogP contribution in [-0.2, 0) is 10.8 Å². The Balaban J connectivity index is 1.78. The molecule has 4 heteroatoms. The molecule has 0 saturated carbocycles. The normalized spacial score (nSPS) is 17.8. The highest BCUT2D eigenvalue weighted by Crippen LogP contribution is 2.35. The maximum atomic E-state index is 6.19. The van der Waals surface area contributed by atoms with E-state index in [0.717, 1.165) is 37.6 Å². The van der Waals surface area contributed by atoms with Gasteiger partial charge in [-0.2, -0.15) is 0 Å². The predicted octanol–water partition coefficient (Wildman–Crippen LogP) is 3.27. The van der Waals surface area contributed by atoms with Gasteiger partial charge in [0.15, 0.2) is 0 Å². The van der Waals surface area contributed by atoms with Crippen LogP contribution in [0.5, 0.6) is 0 Å². The molecule has 1 aromatic heterocycles. The van der Waals surface area contributed by atoms with Crippen molar-refractivity contribution in [2.45, 2.75) is 44.4 Å². The van der Waals surface area contributed by atoms with E-state index >= 15 is 0 Å². The molecular weight excluding hydrogens is 296 g/mol. The van der Waals surface area contributed by atoms with E-state index in [1.165, 1.54) is 5.56 Å². The number of rotatable bonds is 3. The topological polar surface area (TPSA) is 55.0 Å². The van der Waals surface area contributed by atoms with Crippen molar-refractivity contribution in [3.05, 3.63) is 53.9 Å². The first kappa shape index (κ1) is 16.9. The number of hydrogen-bond donors (Lipinski definition) is 1. The Kier molecular flexibility index (Phi) is 4.59. The van der Waals surface area contributed by atoms with Crippen molar-refractivity contribution >= 4 is 5.95 Å². The first-order chi connectivity index (χ1) is 11.4. The summed E-state index contributed by atoms with van der Waals surface area (Å²) in [7, 11) is 0. The standard InChI is InChI=1S/C20H28N4/c1-19(2,3)17-9-12-22-18(23-17)24-13-10-20(15-21,11-14-24)16-7-5-4-6-8-16/h4-9,12H,10-11,13-15,21H2,1-3H3. The van der Waals surface area contributed by atoms with Crippen LogP contribution in [0, 0.1) is 0 Å². The van der Waals surface area contributed by atoms with Gasteiger partial charge in [-0.1, -0.05) is 51.1 Å². The van der Waals surface area contributed by atoms with E-state index in [9.17, 15) is 0 Å². The highest BCUT2D eigenvalue weighted by molar-refractivity contribution is 5.36. The first-order valence-electron chi connectivity index (χ1n) is 8.79. The van der Waals surface area contributed by atoms with Crippen LogP contribution in [0.2, 0.25) is 0 Å². The second kappa shape index (κ2) is 6.52. The van der Waals surface area contributed by atoms with Gasteiger partial charge in [0.25, 0.3) is 0 Å². The van der Waals surface area contributed by atoms with Gasteiger partial charge in [0, 0.05) is 36.7 Å². The molecule has 2 aromatic rings. The third-order valence-electron chi connectivity index (χ3n) is 5.19. The van der Waals surface area contributed by atoms with E-state index < -0.39 is 0 Å². The quantitative estimate of drug-likeness (QED) is 0.941. The largest absolute Gasteiger partial charge is 0.341 e. The van der Waals surface area contributed by atoms with Gasteiger partial charge >= 0.3 is 0 Å². The zero-order valence-corrected chi connectivity index (χ0v) is 15.0. The third-order valence-corrected chi connectivity index (χ3v) is 5.19. The lowest BCUT2D eigenvalue weighted by molar-refractivity contribution is 0.337. The van der Waals surface area contributed by atoms with Crippen LogP contribution in [0.4, 0.5) is 5.95 Å². The average Bonchev–Trinajstić information content (AvgIpc) is 2.62. The maximum Gasteiger partial charge on any atom is 0.225 e. The molecule has 0 atom stereocenters. The smallest absolute Gasteiger partial charge is 0.225 e. The maximum absolute atomic E-state index is 6.19. The SMILES string of the molecule is CC(C)(C)c1ccnc(N2CCC(CN)(c3ccccc3)CC2)n1. The summed E-state index contributed by atoms with van der Waals surface area (Å²) in [6.07, 6.45) is 3.96. The monoisotopic (exact) mass is 324 g/mol. The van der Waals surface area contributed by atoms with Crippen molar-refractivity contribution in [3.8, 4) is 0 Å². The van der Waals surface area contributed by atoms with Crippen molar-refractivity contribution in [1.29, 1.82) is 0 Å². The molecule has 3 rings (SSSR count). The summed E-state index contributed by atoms with van der Waals surface area (Å²) in [5, 5.41) is 0. The Morgan fingerprint density at radius 3 is 2.33 bits per heavy atom. The zero-order valence-electron chi connectivity index (χ0n) is 15.0. The number of nitrogens with two attached hydrogens (primary N) is 1. The second-order valence-electron chi connectivity index (χ2n) is 7.83.